The summed E-state index contributed by atoms with van der Waals surface area (Å²) >= 11 is 0. The number of aromatic hydroxyl groups is 1. The number of rotatable bonds is 0. The first-order valence-electron chi connectivity index (χ1n) is 4.89. The summed E-state index contributed by atoms with van der Waals surface area (Å²) in [4.78, 5) is 4.28. The second kappa shape index (κ2) is 2.85. The summed E-state index contributed by atoms with van der Waals surface area (Å²) in [5, 5.41) is 18.1. The molecule has 3 rings (SSSR count). The first-order chi connectivity index (χ1) is 7.68. The number of nitrogens with zero attached hydrogens (tertiary/aromatic N) is 2. The molecule has 0 aliphatic carbocycles. The van der Waals surface area contributed by atoms with Gasteiger partial charge in [-0.05, 0) is 18.6 Å². The maximum Gasteiger partial charge on any atom is 0.150 e. The van der Waals surface area contributed by atoms with Crippen LogP contribution in [0.15, 0.2) is 18.3 Å². The number of aryl methyl sites for hydroxylation is 1. The number of phenols is 1. The van der Waals surface area contributed by atoms with Crippen LogP contribution in [0.5, 0.6) is 5.75 Å². The molecule has 0 aliphatic heterocycles. The molecule has 5 nitrogen and oxygen atoms in total. The van der Waals surface area contributed by atoms with Gasteiger partial charge in [0.25, 0.3) is 0 Å². The number of benzene rings is 1. The Bertz CT molecular complexity index is 702. The number of hydrogen-bond acceptors (Lipinski definition) is 4. The van der Waals surface area contributed by atoms with E-state index in [9.17, 15) is 5.11 Å². The summed E-state index contributed by atoms with van der Waals surface area (Å²) in [6, 6.07) is 3.47. The minimum atomic E-state index is 0.194. The van der Waals surface area contributed by atoms with Gasteiger partial charge in [-0.25, -0.2) is 4.98 Å². The number of H-pyrrole nitrogens is 1. The molecule has 0 saturated carbocycles. The fourth-order valence-corrected chi connectivity index (χ4v) is 1.94. The van der Waals surface area contributed by atoms with E-state index in [1.54, 1.807) is 12.3 Å². The predicted octanol–water partition coefficient (Wildman–Crippen LogP) is 1.71. The average Bonchev–Trinajstić information content (AvgIpc) is 2.73. The fourth-order valence-electron chi connectivity index (χ4n) is 1.94. The van der Waals surface area contributed by atoms with Crippen LogP contribution >= 0.6 is 0 Å². The molecule has 2 aromatic heterocycles. The van der Waals surface area contributed by atoms with E-state index in [2.05, 4.69) is 15.2 Å². The quantitative estimate of drug-likeness (QED) is 0.531. The number of phenolic OH excluding ortho intramolecular Hbond substituents is 1. The van der Waals surface area contributed by atoms with Crippen LogP contribution in [0, 0.1) is 6.92 Å². The highest BCUT2D eigenvalue weighted by Crippen LogP contribution is 2.33. The topological polar surface area (TPSA) is 87.8 Å². The van der Waals surface area contributed by atoms with Gasteiger partial charge in [0.2, 0.25) is 0 Å². The van der Waals surface area contributed by atoms with Gasteiger partial charge in [-0.1, -0.05) is 6.07 Å². The molecule has 0 atom stereocenters. The number of nitrogens with two attached hydrogens (primary N) is 1. The maximum atomic E-state index is 9.88. The number of pyridine rings is 1. The summed E-state index contributed by atoms with van der Waals surface area (Å²) in [5.74, 6) is 0.591. The van der Waals surface area contributed by atoms with Crippen molar-refractivity contribution in [1.29, 1.82) is 0 Å². The SMILES string of the molecule is Cc1ccc(O)c2c1nc(N)c1[nH]ncc12. The van der Waals surface area contributed by atoms with E-state index in [1.165, 1.54) is 0 Å². The van der Waals surface area contributed by atoms with E-state index in [0.29, 0.717) is 22.2 Å². The normalized spacial score (nSPS) is 11.3. The first kappa shape index (κ1) is 8.96. The van der Waals surface area contributed by atoms with Crippen LogP contribution in [-0.2, 0) is 0 Å². The first-order valence-corrected chi connectivity index (χ1v) is 4.89. The minimum absolute atomic E-state index is 0.194. The average molecular weight is 214 g/mol. The van der Waals surface area contributed by atoms with E-state index in [1.807, 2.05) is 13.0 Å². The predicted molar refractivity (Wildman–Crippen MR) is 62.2 cm³/mol. The van der Waals surface area contributed by atoms with E-state index in [4.69, 9.17) is 5.73 Å². The zero-order valence-corrected chi connectivity index (χ0v) is 8.65. The molecule has 0 radical (unpaired) electrons. The number of aromatic nitrogens is 3. The van der Waals surface area contributed by atoms with Gasteiger partial charge in [0.15, 0.2) is 0 Å². The van der Waals surface area contributed by atoms with Crippen LogP contribution in [-0.4, -0.2) is 20.3 Å². The Morgan fingerprint density at radius 1 is 1.38 bits per heavy atom. The van der Waals surface area contributed by atoms with Gasteiger partial charge in [0.05, 0.1) is 17.1 Å². The summed E-state index contributed by atoms with van der Waals surface area (Å²) in [5.41, 5.74) is 8.17. The molecule has 0 spiro atoms. The smallest absolute Gasteiger partial charge is 0.150 e. The van der Waals surface area contributed by atoms with Crippen molar-refractivity contribution in [3.05, 3.63) is 23.9 Å². The number of hydrogen-bond donors (Lipinski definition) is 3. The van der Waals surface area contributed by atoms with Crippen molar-refractivity contribution in [2.75, 3.05) is 5.73 Å². The highest BCUT2D eigenvalue weighted by molar-refractivity contribution is 6.11. The molecule has 4 N–H and O–H groups in total. The molecule has 0 fully saturated rings. The lowest BCUT2D eigenvalue weighted by molar-refractivity contribution is 0.482. The van der Waals surface area contributed by atoms with Gasteiger partial charge in [0, 0.05) is 5.39 Å². The Hall–Kier alpha value is -2.30. The summed E-state index contributed by atoms with van der Waals surface area (Å²) < 4.78 is 0. The van der Waals surface area contributed by atoms with Crippen molar-refractivity contribution in [2.45, 2.75) is 6.92 Å². The maximum absolute atomic E-state index is 9.88. The molecule has 0 saturated heterocycles. The molecular formula is C11H10N4O. The third-order valence-corrected chi connectivity index (χ3v) is 2.75. The molecule has 0 bridgehead atoms. The van der Waals surface area contributed by atoms with Crippen molar-refractivity contribution in [2.24, 2.45) is 0 Å². The largest absolute Gasteiger partial charge is 0.507 e. The lowest BCUT2D eigenvalue weighted by Gasteiger charge is -2.06. The summed E-state index contributed by atoms with van der Waals surface area (Å²) in [6.45, 7) is 1.93. The highest BCUT2D eigenvalue weighted by atomic mass is 16.3. The Labute approximate surface area is 90.9 Å². The van der Waals surface area contributed by atoms with E-state index < -0.39 is 0 Å². The van der Waals surface area contributed by atoms with Crippen LogP contribution in [0.3, 0.4) is 0 Å². The molecular weight excluding hydrogens is 204 g/mol. The molecule has 1 aromatic carbocycles. The third kappa shape index (κ3) is 0.995. The van der Waals surface area contributed by atoms with E-state index >= 15 is 0 Å². The van der Waals surface area contributed by atoms with Crippen LogP contribution in [0.2, 0.25) is 0 Å². The molecule has 0 amide bonds. The second-order valence-electron chi connectivity index (χ2n) is 3.78. The molecule has 0 aliphatic rings. The Kier molecular flexibility index (Phi) is 1.60. The van der Waals surface area contributed by atoms with Crippen LogP contribution < -0.4 is 5.73 Å². The lowest BCUT2D eigenvalue weighted by atomic mass is 10.1. The monoisotopic (exact) mass is 214 g/mol. The van der Waals surface area contributed by atoms with Crippen molar-refractivity contribution in [1.82, 2.24) is 15.2 Å². The van der Waals surface area contributed by atoms with Crippen molar-refractivity contribution in [3.63, 3.8) is 0 Å². The van der Waals surface area contributed by atoms with Gasteiger partial charge < -0.3 is 10.8 Å². The molecule has 0 unspecified atom stereocenters. The fraction of sp³-hybridized carbons (Fsp3) is 0.0909. The van der Waals surface area contributed by atoms with Gasteiger partial charge in [-0.15, -0.1) is 0 Å². The summed E-state index contributed by atoms with van der Waals surface area (Å²) in [7, 11) is 0. The number of nitrogens with one attached hydrogen (secondary N) is 1. The molecule has 80 valence electrons. The van der Waals surface area contributed by atoms with Gasteiger partial charge in [0.1, 0.15) is 17.1 Å². The van der Waals surface area contributed by atoms with Crippen LogP contribution in [0.25, 0.3) is 21.8 Å². The van der Waals surface area contributed by atoms with Crippen molar-refractivity contribution < 1.29 is 5.11 Å². The van der Waals surface area contributed by atoms with Gasteiger partial charge in [-0.3, -0.25) is 5.10 Å². The Morgan fingerprint density at radius 3 is 3.00 bits per heavy atom. The molecule has 2 heterocycles. The minimum Gasteiger partial charge on any atom is -0.507 e. The van der Waals surface area contributed by atoms with Gasteiger partial charge in [-0.2, -0.15) is 5.10 Å². The zero-order chi connectivity index (χ0) is 11.3. The number of fused-ring (bicyclic) bond motifs is 3. The Morgan fingerprint density at radius 2 is 2.19 bits per heavy atom. The zero-order valence-electron chi connectivity index (χ0n) is 8.65. The highest BCUT2D eigenvalue weighted by Gasteiger charge is 2.12. The molecule has 5 heteroatoms. The summed E-state index contributed by atoms with van der Waals surface area (Å²) in [6.07, 6.45) is 1.65. The van der Waals surface area contributed by atoms with Crippen LogP contribution in [0.1, 0.15) is 5.56 Å². The number of anilines is 1. The van der Waals surface area contributed by atoms with E-state index in [0.717, 1.165) is 10.9 Å². The third-order valence-electron chi connectivity index (χ3n) is 2.75. The lowest BCUT2D eigenvalue weighted by Crippen LogP contribution is -1.94. The second-order valence-corrected chi connectivity index (χ2v) is 3.78. The molecule has 3 aromatic rings. The Balaban J connectivity index is 2.69. The standard InChI is InChI=1S/C11H10N4O/c1-5-2-3-7(16)8-6-4-13-15-10(6)11(12)14-9(5)8/h2-4,16H,1H3,(H2,12,14)(H,13,15). The van der Waals surface area contributed by atoms with Crippen LogP contribution in [0.4, 0.5) is 5.82 Å². The van der Waals surface area contributed by atoms with E-state index in [-0.39, 0.29) is 5.75 Å². The van der Waals surface area contributed by atoms with Crippen molar-refractivity contribution >= 4 is 27.6 Å². The number of nitrogen functional groups attached to an aromatic ring is 1. The molecule has 16 heavy (non-hydrogen) atoms. The van der Waals surface area contributed by atoms with Gasteiger partial charge >= 0.3 is 0 Å². The number of aromatic amines is 1. The van der Waals surface area contributed by atoms with Crippen molar-refractivity contribution in [3.8, 4) is 5.75 Å².